The Morgan fingerprint density at radius 2 is 1.55 bits per heavy atom. The number of alkyl halides is 3. The van der Waals surface area contributed by atoms with Crippen LogP contribution in [0.5, 0.6) is 5.75 Å². The van der Waals surface area contributed by atoms with Gasteiger partial charge in [0, 0.05) is 11.4 Å². The van der Waals surface area contributed by atoms with Gasteiger partial charge >= 0.3 is 18.1 Å². The number of ether oxygens (including phenoxy) is 1. The van der Waals surface area contributed by atoms with Gasteiger partial charge in [0.05, 0.1) is 5.56 Å². The van der Waals surface area contributed by atoms with Crippen LogP contribution >= 0.6 is 11.6 Å². The van der Waals surface area contributed by atoms with E-state index in [0.717, 1.165) is 17.7 Å². The van der Waals surface area contributed by atoms with Gasteiger partial charge in [-0.05, 0) is 55.6 Å². The molecule has 2 rings (SSSR count). The van der Waals surface area contributed by atoms with Gasteiger partial charge in [-0.3, -0.25) is 0 Å². The Bertz CT molecular complexity index is 783. The molecule has 0 aromatic heterocycles. The second-order valence-corrected chi connectivity index (χ2v) is 6.12. The van der Waals surface area contributed by atoms with Gasteiger partial charge in [0.15, 0.2) is 0 Å². The molecule has 158 valence electrons. The minimum absolute atomic E-state index is 0.267. The number of carboxylic acids is 2. The molecule has 0 radical (unpaired) electrons. The molecule has 0 aliphatic carbocycles. The number of nitrogens with one attached hydrogen (secondary N) is 1. The van der Waals surface area contributed by atoms with E-state index in [4.69, 9.17) is 36.1 Å². The first-order chi connectivity index (χ1) is 13.5. The van der Waals surface area contributed by atoms with Gasteiger partial charge in [0.25, 0.3) is 0 Å². The third kappa shape index (κ3) is 8.84. The van der Waals surface area contributed by atoms with Crippen LogP contribution in [0.1, 0.15) is 23.7 Å². The molecule has 0 amide bonds. The fourth-order valence-electron chi connectivity index (χ4n) is 2.13. The van der Waals surface area contributed by atoms with E-state index in [1.165, 1.54) is 12.1 Å². The average molecular weight is 434 g/mol. The van der Waals surface area contributed by atoms with E-state index in [1.807, 2.05) is 19.2 Å². The van der Waals surface area contributed by atoms with Crippen LogP contribution in [0, 0.1) is 0 Å². The lowest BCUT2D eigenvalue weighted by molar-refractivity contribution is -0.159. The smallest absolute Gasteiger partial charge is 0.416 e. The summed E-state index contributed by atoms with van der Waals surface area (Å²) in [4.78, 5) is 18.2. The largest absolute Gasteiger partial charge is 0.486 e. The molecule has 1 unspecified atom stereocenters. The molecule has 0 saturated heterocycles. The summed E-state index contributed by atoms with van der Waals surface area (Å²) in [7, 11) is 1.83. The maximum absolute atomic E-state index is 12.6. The van der Waals surface area contributed by atoms with Crippen LogP contribution in [0.4, 0.5) is 13.2 Å². The number of hydrogen-bond acceptors (Lipinski definition) is 4. The molecule has 29 heavy (non-hydrogen) atoms. The third-order valence-corrected chi connectivity index (χ3v) is 3.79. The molecule has 0 heterocycles. The van der Waals surface area contributed by atoms with Crippen molar-refractivity contribution in [3.8, 4) is 5.75 Å². The standard InChI is InChI=1S/C17H17ClF3NO.C2H2O4/c1-22-11-10-16(12-2-6-14(18)7-3-12)23-15-8-4-13(5-9-15)17(19,20)21;3-1(4)2(5)6/h2-9,16,22H,10-11H2,1H3;(H,3,4)(H,5,6). The number of rotatable bonds is 6. The molecule has 0 aliphatic rings. The highest BCUT2D eigenvalue weighted by molar-refractivity contribution is 6.30. The van der Waals surface area contributed by atoms with Crippen molar-refractivity contribution in [2.24, 2.45) is 0 Å². The van der Waals surface area contributed by atoms with Crippen molar-refractivity contribution in [1.29, 1.82) is 0 Å². The summed E-state index contributed by atoms with van der Waals surface area (Å²) >= 11 is 5.88. The fourth-order valence-corrected chi connectivity index (χ4v) is 2.26. The van der Waals surface area contributed by atoms with Gasteiger partial charge in [-0.1, -0.05) is 23.7 Å². The number of aliphatic carboxylic acids is 2. The minimum Gasteiger partial charge on any atom is -0.486 e. The second kappa shape index (κ2) is 11.3. The van der Waals surface area contributed by atoms with Crippen LogP contribution in [0.15, 0.2) is 48.5 Å². The average Bonchev–Trinajstić information content (AvgIpc) is 2.66. The van der Waals surface area contributed by atoms with E-state index < -0.39 is 23.7 Å². The van der Waals surface area contributed by atoms with Crippen molar-refractivity contribution >= 4 is 23.5 Å². The number of carboxylic acid groups (broad SMARTS) is 2. The molecule has 0 spiro atoms. The fraction of sp³-hybridized carbons (Fsp3) is 0.263. The van der Waals surface area contributed by atoms with E-state index in [9.17, 15) is 13.2 Å². The summed E-state index contributed by atoms with van der Waals surface area (Å²) in [6.07, 6.45) is -3.93. The van der Waals surface area contributed by atoms with Crippen LogP contribution in [-0.4, -0.2) is 35.7 Å². The SMILES string of the molecule is CNCCC(Oc1ccc(C(F)(F)F)cc1)c1ccc(Cl)cc1.O=C(O)C(=O)O. The van der Waals surface area contributed by atoms with Crippen molar-refractivity contribution < 1.29 is 37.7 Å². The maximum atomic E-state index is 12.6. The van der Waals surface area contributed by atoms with Crippen molar-refractivity contribution in [3.05, 3.63) is 64.7 Å². The first-order valence-electron chi connectivity index (χ1n) is 8.24. The Balaban J connectivity index is 0.000000612. The Kier molecular flexibility index (Phi) is 9.43. The zero-order valence-electron chi connectivity index (χ0n) is 15.2. The quantitative estimate of drug-likeness (QED) is 0.590. The Labute approximate surface area is 169 Å². The van der Waals surface area contributed by atoms with Crippen molar-refractivity contribution in [3.63, 3.8) is 0 Å². The van der Waals surface area contributed by atoms with Crippen molar-refractivity contribution in [2.75, 3.05) is 13.6 Å². The molecule has 2 aromatic carbocycles. The normalized spacial score (nSPS) is 11.8. The summed E-state index contributed by atoms with van der Waals surface area (Å²) in [5, 5.41) is 18.4. The molecule has 3 N–H and O–H groups in total. The number of hydrogen-bond donors (Lipinski definition) is 3. The second-order valence-electron chi connectivity index (χ2n) is 5.68. The van der Waals surface area contributed by atoms with Crippen LogP contribution in [0.25, 0.3) is 0 Å². The Morgan fingerprint density at radius 1 is 1.03 bits per heavy atom. The van der Waals surface area contributed by atoms with E-state index in [0.29, 0.717) is 23.7 Å². The van der Waals surface area contributed by atoms with E-state index in [1.54, 1.807) is 12.1 Å². The zero-order chi connectivity index (χ0) is 22.0. The topological polar surface area (TPSA) is 95.9 Å². The van der Waals surface area contributed by atoms with Gasteiger partial charge in [0.2, 0.25) is 0 Å². The van der Waals surface area contributed by atoms with Crippen molar-refractivity contribution in [1.82, 2.24) is 5.32 Å². The molecular weight excluding hydrogens is 415 g/mol. The molecular formula is C19H19ClF3NO5. The molecule has 0 bridgehead atoms. The molecule has 0 fully saturated rings. The lowest BCUT2D eigenvalue weighted by Gasteiger charge is -2.20. The Hall–Kier alpha value is -2.78. The van der Waals surface area contributed by atoms with Gasteiger partial charge < -0.3 is 20.3 Å². The predicted molar refractivity (Wildman–Crippen MR) is 100 cm³/mol. The van der Waals surface area contributed by atoms with Gasteiger partial charge in [-0.25, -0.2) is 9.59 Å². The number of halogens is 4. The molecule has 2 aromatic rings. The van der Waals surface area contributed by atoms with Crippen molar-refractivity contribution in [2.45, 2.75) is 18.7 Å². The summed E-state index contributed by atoms with van der Waals surface area (Å²) in [5.41, 5.74) is 0.229. The van der Waals surface area contributed by atoms with Gasteiger partial charge in [-0.2, -0.15) is 13.2 Å². The van der Waals surface area contributed by atoms with E-state index in [2.05, 4.69) is 5.32 Å². The summed E-state index contributed by atoms with van der Waals surface area (Å²) < 4.78 is 43.6. The van der Waals surface area contributed by atoms with Crippen LogP contribution in [-0.2, 0) is 15.8 Å². The highest BCUT2D eigenvalue weighted by Crippen LogP contribution is 2.32. The molecule has 1 atom stereocenters. The first-order valence-corrected chi connectivity index (χ1v) is 8.62. The molecule has 0 aliphatic heterocycles. The summed E-state index contributed by atoms with van der Waals surface area (Å²) in [5.74, 6) is -3.25. The monoisotopic (exact) mass is 433 g/mol. The Morgan fingerprint density at radius 3 is 1.97 bits per heavy atom. The van der Waals surface area contributed by atoms with Crippen LogP contribution < -0.4 is 10.1 Å². The highest BCUT2D eigenvalue weighted by Gasteiger charge is 2.30. The van der Waals surface area contributed by atoms with Crippen LogP contribution in [0.3, 0.4) is 0 Å². The third-order valence-electron chi connectivity index (χ3n) is 3.54. The van der Waals surface area contributed by atoms with E-state index >= 15 is 0 Å². The zero-order valence-corrected chi connectivity index (χ0v) is 16.0. The first kappa shape index (κ1) is 24.3. The number of carbonyl (C=O) groups is 2. The van der Waals surface area contributed by atoms with E-state index in [-0.39, 0.29) is 6.10 Å². The maximum Gasteiger partial charge on any atom is 0.416 e. The lowest BCUT2D eigenvalue weighted by atomic mass is 10.1. The molecule has 6 nitrogen and oxygen atoms in total. The molecule has 10 heteroatoms. The molecule has 0 saturated carbocycles. The number of benzene rings is 2. The predicted octanol–water partition coefficient (Wildman–Crippen LogP) is 4.24. The van der Waals surface area contributed by atoms with Crippen LogP contribution in [0.2, 0.25) is 5.02 Å². The van der Waals surface area contributed by atoms with Gasteiger partial charge in [-0.15, -0.1) is 0 Å². The van der Waals surface area contributed by atoms with Gasteiger partial charge in [0.1, 0.15) is 11.9 Å². The lowest BCUT2D eigenvalue weighted by Crippen LogP contribution is -2.16. The summed E-state index contributed by atoms with van der Waals surface area (Å²) in [6, 6.07) is 12.0. The highest BCUT2D eigenvalue weighted by atomic mass is 35.5. The summed E-state index contributed by atoms with van der Waals surface area (Å²) in [6.45, 7) is 0.716. The minimum atomic E-state index is -4.35.